The number of aromatic nitrogens is 1. The van der Waals surface area contributed by atoms with E-state index in [1.165, 1.54) is 0 Å². The summed E-state index contributed by atoms with van der Waals surface area (Å²) < 4.78 is 11.3. The van der Waals surface area contributed by atoms with Crippen molar-refractivity contribution in [3.8, 4) is 11.5 Å². The number of rotatable bonds is 8. The number of amides is 1. The minimum absolute atomic E-state index is 0.0542. The van der Waals surface area contributed by atoms with E-state index in [1.54, 1.807) is 18.3 Å². The highest BCUT2D eigenvalue weighted by atomic mass is 16.5. The van der Waals surface area contributed by atoms with E-state index in [1.807, 2.05) is 67.6 Å². The molecule has 1 unspecified atom stereocenters. The fraction of sp³-hybridized carbons (Fsp3) is 0.182. The van der Waals surface area contributed by atoms with Gasteiger partial charge in [-0.2, -0.15) is 0 Å². The first-order chi connectivity index (χ1) is 13.2. The zero-order valence-corrected chi connectivity index (χ0v) is 15.2. The molecule has 1 N–H and O–H groups in total. The van der Waals surface area contributed by atoms with Crippen LogP contribution in [0.1, 0.15) is 24.2 Å². The van der Waals surface area contributed by atoms with Gasteiger partial charge in [-0.3, -0.25) is 9.78 Å². The molecule has 138 valence electrons. The van der Waals surface area contributed by atoms with E-state index in [9.17, 15) is 4.79 Å². The van der Waals surface area contributed by atoms with Crippen LogP contribution in [0.2, 0.25) is 0 Å². The number of carbonyl (C=O) groups excluding carboxylic acids is 1. The number of nitrogens with one attached hydrogen (secondary N) is 1. The van der Waals surface area contributed by atoms with Crippen molar-refractivity contribution < 1.29 is 14.3 Å². The maximum Gasteiger partial charge on any atom is 0.258 e. The molecule has 1 amide bonds. The summed E-state index contributed by atoms with van der Waals surface area (Å²) in [5.41, 5.74) is 1.92. The zero-order chi connectivity index (χ0) is 18.9. The summed E-state index contributed by atoms with van der Waals surface area (Å²) in [7, 11) is 0. The Morgan fingerprint density at radius 2 is 1.59 bits per heavy atom. The van der Waals surface area contributed by atoms with Crippen LogP contribution in [-0.2, 0) is 11.4 Å². The largest absolute Gasteiger partial charge is 0.489 e. The maximum atomic E-state index is 12.0. The smallest absolute Gasteiger partial charge is 0.258 e. The summed E-state index contributed by atoms with van der Waals surface area (Å²) >= 11 is 0. The average Bonchev–Trinajstić information content (AvgIpc) is 2.73. The van der Waals surface area contributed by atoms with Crippen LogP contribution >= 0.6 is 0 Å². The van der Waals surface area contributed by atoms with Gasteiger partial charge in [-0.05, 0) is 48.9 Å². The molecule has 1 aromatic heterocycles. The molecule has 3 aromatic rings. The standard InChI is InChI=1S/C22H22N2O3/c1-17(21-9-5-6-14-23-21)24-22(25)16-27-20-12-10-19(11-13-20)26-15-18-7-3-2-4-8-18/h2-14,17H,15-16H2,1H3,(H,24,25). The van der Waals surface area contributed by atoms with Gasteiger partial charge >= 0.3 is 0 Å². The van der Waals surface area contributed by atoms with Crippen molar-refractivity contribution >= 4 is 5.91 Å². The van der Waals surface area contributed by atoms with E-state index >= 15 is 0 Å². The van der Waals surface area contributed by atoms with Crippen LogP contribution in [0, 0.1) is 0 Å². The van der Waals surface area contributed by atoms with Crippen molar-refractivity contribution in [2.75, 3.05) is 6.61 Å². The molecule has 5 heteroatoms. The molecule has 3 rings (SSSR count). The van der Waals surface area contributed by atoms with E-state index in [-0.39, 0.29) is 18.6 Å². The Hall–Kier alpha value is -3.34. The Bertz CT molecular complexity index is 836. The highest BCUT2D eigenvalue weighted by Gasteiger charge is 2.10. The molecule has 2 aromatic carbocycles. The number of nitrogens with zero attached hydrogens (tertiary/aromatic N) is 1. The van der Waals surface area contributed by atoms with E-state index < -0.39 is 0 Å². The molecular weight excluding hydrogens is 340 g/mol. The van der Waals surface area contributed by atoms with Crippen LogP contribution < -0.4 is 14.8 Å². The Morgan fingerprint density at radius 3 is 2.26 bits per heavy atom. The highest BCUT2D eigenvalue weighted by Crippen LogP contribution is 2.18. The van der Waals surface area contributed by atoms with Gasteiger partial charge in [-0.15, -0.1) is 0 Å². The Balaban J connectivity index is 1.43. The van der Waals surface area contributed by atoms with Crippen LogP contribution in [0.15, 0.2) is 79.0 Å². The predicted octanol–water partition coefficient (Wildman–Crippen LogP) is 3.92. The molecule has 0 bridgehead atoms. The summed E-state index contributed by atoms with van der Waals surface area (Å²) in [5.74, 6) is 1.17. The lowest BCUT2D eigenvalue weighted by molar-refractivity contribution is -0.123. The SMILES string of the molecule is CC(NC(=O)COc1ccc(OCc2ccccc2)cc1)c1ccccn1. The van der Waals surface area contributed by atoms with Crippen LogP contribution in [0.5, 0.6) is 11.5 Å². The molecule has 0 saturated carbocycles. The molecule has 0 aliphatic heterocycles. The third-order valence-corrected chi connectivity index (χ3v) is 3.95. The van der Waals surface area contributed by atoms with E-state index in [0.29, 0.717) is 12.4 Å². The lowest BCUT2D eigenvalue weighted by Crippen LogP contribution is -2.31. The van der Waals surface area contributed by atoms with Crippen LogP contribution in [-0.4, -0.2) is 17.5 Å². The molecule has 1 atom stereocenters. The number of pyridine rings is 1. The lowest BCUT2D eigenvalue weighted by atomic mass is 10.2. The summed E-state index contributed by atoms with van der Waals surface area (Å²) in [6.07, 6.45) is 1.70. The number of benzene rings is 2. The Kier molecular flexibility index (Phi) is 6.41. The minimum atomic E-state index is -0.197. The molecule has 0 radical (unpaired) electrons. The minimum Gasteiger partial charge on any atom is -0.489 e. The van der Waals surface area contributed by atoms with Gasteiger partial charge in [0, 0.05) is 6.20 Å². The summed E-state index contributed by atoms with van der Waals surface area (Å²) in [4.78, 5) is 16.3. The summed E-state index contributed by atoms with van der Waals surface area (Å²) in [6, 6.07) is 22.6. The van der Waals surface area contributed by atoms with Crippen molar-refractivity contribution in [3.05, 3.63) is 90.3 Å². The van der Waals surface area contributed by atoms with E-state index in [0.717, 1.165) is 17.0 Å². The van der Waals surface area contributed by atoms with Gasteiger partial charge in [0.2, 0.25) is 0 Å². The second-order valence-electron chi connectivity index (χ2n) is 6.08. The van der Waals surface area contributed by atoms with Crippen molar-refractivity contribution in [1.82, 2.24) is 10.3 Å². The van der Waals surface area contributed by atoms with Gasteiger partial charge in [-0.25, -0.2) is 0 Å². The van der Waals surface area contributed by atoms with Gasteiger partial charge < -0.3 is 14.8 Å². The van der Waals surface area contributed by atoms with Gasteiger partial charge in [0.05, 0.1) is 11.7 Å². The van der Waals surface area contributed by atoms with Crippen LogP contribution in [0.4, 0.5) is 0 Å². The van der Waals surface area contributed by atoms with Crippen molar-refractivity contribution in [1.29, 1.82) is 0 Å². The molecular formula is C22H22N2O3. The molecule has 1 heterocycles. The van der Waals surface area contributed by atoms with E-state index in [4.69, 9.17) is 9.47 Å². The molecule has 27 heavy (non-hydrogen) atoms. The number of ether oxygens (including phenoxy) is 2. The number of hydrogen-bond donors (Lipinski definition) is 1. The van der Waals surface area contributed by atoms with Crippen LogP contribution in [0.25, 0.3) is 0 Å². The summed E-state index contributed by atoms with van der Waals surface area (Å²) in [5, 5.41) is 2.87. The van der Waals surface area contributed by atoms with Gasteiger partial charge in [0.1, 0.15) is 18.1 Å². The first-order valence-electron chi connectivity index (χ1n) is 8.80. The monoisotopic (exact) mass is 362 g/mol. The first kappa shape index (κ1) is 18.5. The van der Waals surface area contributed by atoms with Crippen molar-refractivity contribution in [2.45, 2.75) is 19.6 Å². The van der Waals surface area contributed by atoms with E-state index in [2.05, 4.69) is 10.3 Å². The van der Waals surface area contributed by atoms with Crippen molar-refractivity contribution in [2.24, 2.45) is 0 Å². The van der Waals surface area contributed by atoms with Crippen molar-refractivity contribution in [3.63, 3.8) is 0 Å². The fourth-order valence-corrected chi connectivity index (χ4v) is 2.51. The summed E-state index contributed by atoms with van der Waals surface area (Å²) in [6.45, 7) is 2.34. The number of carbonyl (C=O) groups is 1. The topological polar surface area (TPSA) is 60.5 Å². The number of hydrogen-bond acceptors (Lipinski definition) is 4. The van der Waals surface area contributed by atoms with Gasteiger partial charge in [0.25, 0.3) is 5.91 Å². The normalized spacial score (nSPS) is 11.4. The molecule has 0 spiro atoms. The molecule has 0 saturated heterocycles. The Labute approximate surface area is 159 Å². The fourth-order valence-electron chi connectivity index (χ4n) is 2.51. The molecule has 5 nitrogen and oxygen atoms in total. The third kappa shape index (κ3) is 5.85. The lowest BCUT2D eigenvalue weighted by Gasteiger charge is -2.14. The second kappa shape index (κ2) is 9.38. The highest BCUT2D eigenvalue weighted by molar-refractivity contribution is 5.77. The Morgan fingerprint density at radius 1 is 0.926 bits per heavy atom. The third-order valence-electron chi connectivity index (χ3n) is 3.95. The van der Waals surface area contributed by atoms with Gasteiger partial charge in [-0.1, -0.05) is 36.4 Å². The second-order valence-corrected chi connectivity index (χ2v) is 6.08. The average molecular weight is 362 g/mol. The molecule has 0 aliphatic carbocycles. The maximum absolute atomic E-state index is 12.0. The first-order valence-corrected chi connectivity index (χ1v) is 8.80. The quantitative estimate of drug-likeness (QED) is 0.660. The molecule has 0 fully saturated rings. The zero-order valence-electron chi connectivity index (χ0n) is 15.2. The molecule has 0 aliphatic rings. The van der Waals surface area contributed by atoms with Crippen LogP contribution in [0.3, 0.4) is 0 Å². The van der Waals surface area contributed by atoms with Gasteiger partial charge in [0.15, 0.2) is 6.61 Å². The predicted molar refractivity (Wildman–Crippen MR) is 104 cm³/mol.